The van der Waals surface area contributed by atoms with Gasteiger partial charge in [0.25, 0.3) is 7.82 Å². The first kappa shape index (κ1) is 55.2. The Kier molecular flexibility index (Phi) is 38.4. The van der Waals surface area contributed by atoms with Crippen LogP contribution in [0.2, 0.25) is 0 Å². The van der Waals surface area contributed by atoms with Crippen LogP contribution in [0.4, 0.5) is 0 Å². The summed E-state index contributed by atoms with van der Waals surface area (Å²) in [5.41, 5.74) is 0. The Morgan fingerprint density at radius 3 is 1.56 bits per heavy atom. The molecule has 0 bridgehead atoms. The van der Waals surface area contributed by atoms with Crippen LogP contribution in [0.5, 0.6) is 0 Å². The molecule has 0 rings (SSSR count). The van der Waals surface area contributed by atoms with Gasteiger partial charge in [0.2, 0.25) is 5.91 Å². The van der Waals surface area contributed by atoms with Gasteiger partial charge in [0.05, 0.1) is 39.9 Å². The maximum Gasteiger partial charge on any atom is 0.268 e. The number of aliphatic hydroxyl groups excluding tert-OH is 1. The molecule has 8 nitrogen and oxygen atoms in total. The predicted molar refractivity (Wildman–Crippen MR) is 242 cm³/mol. The summed E-state index contributed by atoms with van der Waals surface area (Å²) in [7, 11) is 1.25. The molecule has 2 N–H and O–H groups in total. The fourth-order valence-corrected chi connectivity index (χ4v) is 7.04. The third-order valence-electron chi connectivity index (χ3n) is 9.98. The summed E-state index contributed by atoms with van der Waals surface area (Å²) < 4.78 is 23.1. The van der Waals surface area contributed by atoms with E-state index in [-0.39, 0.29) is 19.1 Å². The van der Waals surface area contributed by atoms with Crippen molar-refractivity contribution in [2.45, 2.75) is 199 Å². The molecule has 0 saturated heterocycles. The number of phosphoric ester groups is 1. The third kappa shape index (κ3) is 42.1. The fourth-order valence-electron chi connectivity index (χ4n) is 6.32. The molecule has 9 heteroatoms. The second-order valence-electron chi connectivity index (χ2n) is 16.7. The molecule has 0 aliphatic rings. The zero-order valence-corrected chi connectivity index (χ0v) is 38.4. The number of phosphoric acid groups is 1. The van der Waals surface area contributed by atoms with Gasteiger partial charge in [-0.3, -0.25) is 9.36 Å². The number of likely N-dealkylation sites (N-methyl/N-ethyl adjacent to an activating group) is 1. The number of aliphatic hydroxyl groups is 1. The SMILES string of the molecule is CC/C=C\C/C=C\C/C=C\C/C=C\CCCCCCCCCCCCCCCCC(=O)NC(COP(=O)([O-])OCC[N+](C)(C)C)C(O)/C=C/CCCCCCCC. The molecular weight excluding hydrogens is 732 g/mol. The monoisotopic (exact) mass is 821 g/mol. The lowest BCUT2D eigenvalue weighted by Crippen LogP contribution is -2.45. The van der Waals surface area contributed by atoms with E-state index in [9.17, 15) is 19.4 Å². The zero-order valence-electron chi connectivity index (χ0n) is 37.5. The van der Waals surface area contributed by atoms with Crippen LogP contribution in [0.3, 0.4) is 0 Å². The van der Waals surface area contributed by atoms with Crippen LogP contribution >= 0.6 is 7.82 Å². The highest BCUT2D eigenvalue weighted by Crippen LogP contribution is 2.38. The van der Waals surface area contributed by atoms with Crippen molar-refractivity contribution in [3.05, 3.63) is 60.8 Å². The number of rotatable bonds is 41. The van der Waals surface area contributed by atoms with Crippen LogP contribution in [0.25, 0.3) is 0 Å². The van der Waals surface area contributed by atoms with Crippen LogP contribution in [0, 0.1) is 0 Å². The predicted octanol–water partition coefficient (Wildman–Crippen LogP) is 12.4. The van der Waals surface area contributed by atoms with Gasteiger partial charge >= 0.3 is 0 Å². The van der Waals surface area contributed by atoms with Gasteiger partial charge in [0.15, 0.2) is 0 Å². The molecule has 332 valence electrons. The second-order valence-corrected chi connectivity index (χ2v) is 18.1. The fraction of sp³-hybridized carbons (Fsp3) is 0.771. The van der Waals surface area contributed by atoms with Crippen LogP contribution in [-0.2, 0) is 18.4 Å². The Bertz CT molecular complexity index is 1110. The molecule has 0 aromatic rings. The summed E-state index contributed by atoms with van der Waals surface area (Å²) >= 11 is 0. The van der Waals surface area contributed by atoms with Gasteiger partial charge in [0, 0.05) is 6.42 Å². The molecule has 0 heterocycles. The Balaban J connectivity index is 4.09. The second kappa shape index (κ2) is 39.6. The number of carbonyl (C=O) groups is 1. The van der Waals surface area contributed by atoms with Gasteiger partial charge in [-0.1, -0.05) is 184 Å². The van der Waals surface area contributed by atoms with Gasteiger partial charge in [-0.05, 0) is 57.8 Å². The first-order valence-electron chi connectivity index (χ1n) is 23.2. The van der Waals surface area contributed by atoms with Gasteiger partial charge in [-0.15, -0.1) is 0 Å². The van der Waals surface area contributed by atoms with Crippen molar-refractivity contribution >= 4 is 13.7 Å². The van der Waals surface area contributed by atoms with Crippen molar-refractivity contribution in [2.24, 2.45) is 0 Å². The van der Waals surface area contributed by atoms with Crippen molar-refractivity contribution in [1.29, 1.82) is 0 Å². The topological polar surface area (TPSA) is 108 Å². The molecule has 0 aromatic carbocycles. The quantitative estimate of drug-likeness (QED) is 0.0275. The number of unbranched alkanes of at least 4 members (excludes halogenated alkanes) is 20. The normalized spacial score (nSPS) is 14.9. The molecule has 0 aliphatic carbocycles. The largest absolute Gasteiger partial charge is 0.756 e. The Morgan fingerprint density at radius 2 is 1.07 bits per heavy atom. The van der Waals surface area contributed by atoms with Gasteiger partial charge in [-0.25, -0.2) is 0 Å². The average molecular weight is 821 g/mol. The van der Waals surface area contributed by atoms with E-state index in [4.69, 9.17) is 9.05 Å². The number of allylic oxidation sites excluding steroid dienone is 9. The van der Waals surface area contributed by atoms with Crippen molar-refractivity contribution < 1.29 is 32.9 Å². The lowest BCUT2D eigenvalue weighted by molar-refractivity contribution is -0.870. The Morgan fingerprint density at radius 1 is 0.632 bits per heavy atom. The highest BCUT2D eigenvalue weighted by atomic mass is 31.2. The summed E-state index contributed by atoms with van der Waals surface area (Å²) in [6, 6.07) is -0.885. The average Bonchev–Trinajstić information content (AvgIpc) is 3.16. The standard InChI is InChI=1S/C48H89N2O6P/c1-6-8-10-12-14-16-17-18-19-20-21-22-23-24-25-26-27-28-29-30-31-32-33-34-36-38-40-42-48(52)49-46(45-56-57(53,54)55-44-43-50(3,4)5)47(51)41-39-37-35-15-13-11-9-7-2/h8,10,14,16,18-19,21-22,39,41,46-47,51H,6-7,9,11-13,15,17,20,23-38,40,42-45H2,1-5H3,(H-,49,52,53,54)/b10-8-,16-14-,19-18-,22-21-,41-39+. The Hall–Kier alpha value is -1.80. The molecule has 0 aliphatic heterocycles. The molecule has 1 amide bonds. The van der Waals surface area contributed by atoms with E-state index in [1.54, 1.807) is 6.08 Å². The summed E-state index contributed by atoms with van der Waals surface area (Å²) in [6.45, 7) is 4.48. The van der Waals surface area contributed by atoms with E-state index in [0.29, 0.717) is 17.4 Å². The van der Waals surface area contributed by atoms with E-state index in [2.05, 4.69) is 67.8 Å². The van der Waals surface area contributed by atoms with E-state index in [1.165, 1.54) is 103 Å². The number of amides is 1. The van der Waals surface area contributed by atoms with E-state index < -0.39 is 20.0 Å². The maximum atomic E-state index is 12.8. The molecule has 0 aromatic heterocycles. The van der Waals surface area contributed by atoms with Gasteiger partial charge < -0.3 is 28.8 Å². The number of carbonyl (C=O) groups excluding carboxylic acids is 1. The molecule has 0 saturated carbocycles. The van der Waals surface area contributed by atoms with Gasteiger partial charge in [0.1, 0.15) is 13.2 Å². The first-order chi connectivity index (χ1) is 27.5. The summed E-state index contributed by atoms with van der Waals surface area (Å²) in [4.78, 5) is 25.2. The molecule has 57 heavy (non-hydrogen) atoms. The highest BCUT2D eigenvalue weighted by Gasteiger charge is 2.23. The molecular formula is C48H89N2O6P. The van der Waals surface area contributed by atoms with Crippen molar-refractivity contribution in [2.75, 3.05) is 40.9 Å². The van der Waals surface area contributed by atoms with Crippen LogP contribution < -0.4 is 10.2 Å². The molecule has 0 fully saturated rings. The molecule has 3 atom stereocenters. The number of hydrogen-bond donors (Lipinski definition) is 2. The number of hydrogen-bond acceptors (Lipinski definition) is 6. The number of quaternary nitrogens is 1. The van der Waals surface area contributed by atoms with Crippen LogP contribution in [-0.4, -0.2) is 68.5 Å². The zero-order chi connectivity index (χ0) is 42.1. The molecule has 0 spiro atoms. The highest BCUT2D eigenvalue weighted by molar-refractivity contribution is 7.45. The smallest absolute Gasteiger partial charge is 0.268 e. The Labute approximate surface area is 351 Å². The molecule has 3 unspecified atom stereocenters. The minimum absolute atomic E-state index is 0.00299. The minimum Gasteiger partial charge on any atom is -0.756 e. The van der Waals surface area contributed by atoms with Gasteiger partial charge in [-0.2, -0.15) is 0 Å². The number of nitrogens with one attached hydrogen (secondary N) is 1. The van der Waals surface area contributed by atoms with Crippen molar-refractivity contribution in [3.63, 3.8) is 0 Å². The van der Waals surface area contributed by atoms with Crippen molar-refractivity contribution in [3.8, 4) is 0 Å². The van der Waals surface area contributed by atoms with E-state index in [0.717, 1.165) is 64.2 Å². The van der Waals surface area contributed by atoms with E-state index in [1.807, 2.05) is 27.2 Å². The third-order valence-corrected chi connectivity index (χ3v) is 10.9. The summed E-state index contributed by atoms with van der Waals surface area (Å²) in [5.74, 6) is -0.204. The first-order valence-corrected chi connectivity index (χ1v) is 24.6. The van der Waals surface area contributed by atoms with Crippen LogP contribution in [0.1, 0.15) is 187 Å². The summed E-state index contributed by atoms with van der Waals surface area (Å²) in [5, 5.41) is 13.7. The lowest BCUT2D eigenvalue weighted by Gasteiger charge is -2.29. The van der Waals surface area contributed by atoms with E-state index >= 15 is 0 Å². The summed E-state index contributed by atoms with van der Waals surface area (Å²) in [6.07, 6.45) is 51.5. The lowest BCUT2D eigenvalue weighted by atomic mass is 10.0. The van der Waals surface area contributed by atoms with Crippen LogP contribution in [0.15, 0.2) is 60.8 Å². The maximum absolute atomic E-state index is 12.8. The van der Waals surface area contributed by atoms with Crippen molar-refractivity contribution in [1.82, 2.24) is 5.32 Å². The molecule has 0 radical (unpaired) electrons. The minimum atomic E-state index is -4.58. The number of nitrogens with zero attached hydrogens (tertiary/aromatic N) is 1.